The predicted octanol–water partition coefficient (Wildman–Crippen LogP) is 5.43. The second-order valence-corrected chi connectivity index (χ2v) is 7.18. The van der Waals surface area contributed by atoms with E-state index in [0.29, 0.717) is 35.5 Å². The Labute approximate surface area is 169 Å². The number of carbonyl (C=O) groups is 2. The third-order valence-electron chi connectivity index (χ3n) is 4.70. The molecule has 0 saturated carbocycles. The van der Waals surface area contributed by atoms with Crippen molar-refractivity contribution in [1.82, 2.24) is 0 Å². The van der Waals surface area contributed by atoms with E-state index >= 15 is 0 Å². The number of hydrogen-bond acceptors (Lipinski definition) is 5. The zero-order valence-electron chi connectivity index (χ0n) is 17.0. The van der Waals surface area contributed by atoms with E-state index in [1.807, 2.05) is 19.1 Å². The second kappa shape index (κ2) is 8.35. The van der Waals surface area contributed by atoms with Crippen LogP contribution in [0.1, 0.15) is 31.4 Å². The van der Waals surface area contributed by atoms with Crippen molar-refractivity contribution in [3.63, 3.8) is 0 Å². The summed E-state index contributed by atoms with van der Waals surface area (Å²) in [7, 11) is 0. The number of carbonyl (C=O) groups excluding carboxylic acids is 2. The van der Waals surface area contributed by atoms with E-state index in [4.69, 9.17) is 13.9 Å². The van der Waals surface area contributed by atoms with E-state index < -0.39 is 5.97 Å². The number of esters is 2. The van der Waals surface area contributed by atoms with Gasteiger partial charge in [0.2, 0.25) is 0 Å². The molecule has 0 saturated heterocycles. The number of furan rings is 1. The van der Waals surface area contributed by atoms with Crippen molar-refractivity contribution in [1.29, 1.82) is 0 Å². The summed E-state index contributed by atoms with van der Waals surface area (Å²) in [5.74, 6) is -0.411. The van der Waals surface area contributed by atoms with Gasteiger partial charge in [-0.2, -0.15) is 0 Å². The second-order valence-electron chi connectivity index (χ2n) is 7.18. The molecule has 5 heteroatoms. The van der Waals surface area contributed by atoms with Gasteiger partial charge < -0.3 is 13.9 Å². The minimum absolute atomic E-state index is 0.337. The Morgan fingerprint density at radius 3 is 2.38 bits per heavy atom. The summed E-state index contributed by atoms with van der Waals surface area (Å²) in [4.78, 5) is 23.2. The lowest BCUT2D eigenvalue weighted by Gasteiger charge is -2.07. The molecule has 150 valence electrons. The molecule has 0 unspecified atom stereocenters. The highest BCUT2D eigenvalue weighted by Gasteiger charge is 2.14. The quantitative estimate of drug-likeness (QED) is 0.232. The summed E-state index contributed by atoms with van der Waals surface area (Å²) < 4.78 is 16.5. The van der Waals surface area contributed by atoms with Crippen LogP contribution in [0.4, 0.5) is 0 Å². The molecule has 5 nitrogen and oxygen atoms in total. The summed E-state index contributed by atoms with van der Waals surface area (Å²) in [6.45, 7) is 12.8. The largest absolute Gasteiger partial charge is 0.462 e. The fourth-order valence-electron chi connectivity index (χ4n) is 3.07. The average Bonchev–Trinajstić information content (AvgIpc) is 3.05. The highest BCUT2D eigenvalue weighted by molar-refractivity contribution is 6.06. The van der Waals surface area contributed by atoms with Crippen molar-refractivity contribution in [2.24, 2.45) is 0 Å². The minimum atomic E-state index is -0.466. The van der Waals surface area contributed by atoms with Crippen LogP contribution in [0.2, 0.25) is 0 Å². The van der Waals surface area contributed by atoms with E-state index in [0.717, 1.165) is 33.9 Å². The molecule has 3 rings (SSSR count). The molecule has 0 aliphatic rings. The van der Waals surface area contributed by atoms with Crippen LogP contribution in [0, 0.1) is 6.92 Å². The van der Waals surface area contributed by atoms with Crippen molar-refractivity contribution in [2.75, 3.05) is 6.61 Å². The molecule has 0 amide bonds. The van der Waals surface area contributed by atoms with Gasteiger partial charge in [-0.15, -0.1) is 0 Å². The lowest BCUT2D eigenvalue weighted by molar-refractivity contribution is -0.139. The van der Waals surface area contributed by atoms with Crippen LogP contribution < -0.4 is 4.74 Å². The van der Waals surface area contributed by atoms with Crippen molar-refractivity contribution >= 4 is 33.9 Å². The molecule has 2 aromatic carbocycles. The van der Waals surface area contributed by atoms with Crippen LogP contribution in [0.5, 0.6) is 5.75 Å². The SMILES string of the molecule is C=C(C)C(=O)OCCCc1ccc2c(oc3cc(OC(=O)C(=C)C)ccc32)c1C. The maximum Gasteiger partial charge on any atom is 0.338 e. The van der Waals surface area contributed by atoms with Gasteiger partial charge >= 0.3 is 11.9 Å². The standard InChI is InChI=1S/C24H24O5/c1-14(2)23(25)27-12-6-7-17-8-10-20-19-11-9-18(28-24(26)15(3)4)13-21(19)29-22(20)16(17)5/h8-11,13H,1,3,6-7,12H2,2,4-5H3. The molecule has 0 aliphatic heterocycles. The summed E-state index contributed by atoms with van der Waals surface area (Å²) in [5.41, 5.74) is 4.38. The molecular formula is C24H24O5. The monoisotopic (exact) mass is 392 g/mol. The molecule has 0 aliphatic carbocycles. The first-order valence-electron chi connectivity index (χ1n) is 9.43. The third-order valence-corrected chi connectivity index (χ3v) is 4.70. The van der Waals surface area contributed by atoms with Crippen LogP contribution in [-0.4, -0.2) is 18.5 Å². The summed E-state index contributed by atoms with van der Waals surface area (Å²) >= 11 is 0. The van der Waals surface area contributed by atoms with Crippen molar-refractivity contribution in [3.8, 4) is 5.75 Å². The molecule has 0 spiro atoms. The lowest BCUT2D eigenvalue weighted by atomic mass is 10.0. The van der Waals surface area contributed by atoms with Gasteiger partial charge in [0, 0.05) is 28.0 Å². The van der Waals surface area contributed by atoms with Gasteiger partial charge in [-0.25, -0.2) is 9.59 Å². The van der Waals surface area contributed by atoms with E-state index in [1.165, 1.54) is 0 Å². The van der Waals surface area contributed by atoms with Crippen LogP contribution in [-0.2, 0) is 20.7 Å². The summed E-state index contributed by atoms with van der Waals surface area (Å²) in [5, 5.41) is 1.97. The predicted molar refractivity (Wildman–Crippen MR) is 113 cm³/mol. The molecule has 1 heterocycles. The number of hydrogen-bond donors (Lipinski definition) is 0. The molecular weight excluding hydrogens is 368 g/mol. The van der Waals surface area contributed by atoms with Gasteiger partial charge in [0.1, 0.15) is 16.9 Å². The van der Waals surface area contributed by atoms with Gasteiger partial charge in [-0.3, -0.25) is 0 Å². The van der Waals surface area contributed by atoms with Gasteiger partial charge in [-0.1, -0.05) is 25.3 Å². The molecule has 0 fully saturated rings. The van der Waals surface area contributed by atoms with Crippen LogP contribution in [0.15, 0.2) is 59.1 Å². The number of fused-ring (bicyclic) bond motifs is 3. The molecule has 3 aromatic rings. The Hall–Kier alpha value is -3.34. The van der Waals surface area contributed by atoms with Crippen LogP contribution in [0.3, 0.4) is 0 Å². The van der Waals surface area contributed by atoms with Gasteiger partial charge in [0.25, 0.3) is 0 Å². The maximum atomic E-state index is 11.7. The topological polar surface area (TPSA) is 65.7 Å². The first-order valence-corrected chi connectivity index (χ1v) is 9.43. The van der Waals surface area contributed by atoms with Gasteiger partial charge in [0.05, 0.1) is 6.61 Å². The smallest absolute Gasteiger partial charge is 0.338 e. The highest BCUT2D eigenvalue weighted by atomic mass is 16.5. The van der Waals surface area contributed by atoms with Crippen LogP contribution in [0.25, 0.3) is 21.9 Å². The van der Waals surface area contributed by atoms with E-state index in [1.54, 1.807) is 26.0 Å². The van der Waals surface area contributed by atoms with Crippen LogP contribution >= 0.6 is 0 Å². The van der Waals surface area contributed by atoms with E-state index in [2.05, 4.69) is 19.2 Å². The Morgan fingerprint density at radius 1 is 1.00 bits per heavy atom. The third kappa shape index (κ3) is 4.40. The first kappa shape index (κ1) is 20.4. The fraction of sp³-hybridized carbons (Fsp3) is 0.250. The number of rotatable bonds is 7. The summed E-state index contributed by atoms with van der Waals surface area (Å²) in [6.07, 6.45) is 1.48. The summed E-state index contributed by atoms with van der Waals surface area (Å²) in [6, 6.07) is 9.45. The molecule has 0 atom stereocenters. The van der Waals surface area contributed by atoms with Crippen molar-refractivity contribution in [3.05, 3.63) is 65.8 Å². The lowest BCUT2D eigenvalue weighted by Crippen LogP contribution is -2.07. The molecule has 0 bridgehead atoms. The normalized spacial score (nSPS) is 10.9. The Bertz CT molecular complexity index is 1130. The van der Waals surface area contributed by atoms with Gasteiger partial charge in [0.15, 0.2) is 0 Å². The Morgan fingerprint density at radius 2 is 1.69 bits per heavy atom. The average molecular weight is 392 g/mol. The zero-order valence-corrected chi connectivity index (χ0v) is 17.0. The molecule has 0 radical (unpaired) electrons. The molecule has 1 aromatic heterocycles. The zero-order chi connectivity index (χ0) is 21.1. The molecule has 29 heavy (non-hydrogen) atoms. The van der Waals surface area contributed by atoms with E-state index in [9.17, 15) is 9.59 Å². The number of aryl methyl sites for hydroxylation is 2. The Balaban J connectivity index is 1.81. The Kier molecular flexibility index (Phi) is 5.87. The highest BCUT2D eigenvalue weighted by Crippen LogP contribution is 2.34. The van der Waals surface area contributed by atoms with E-state index in [-0.39, 0.29) is 5.97 Å². The van der Waals surface area contributed by atoms with Crippen molar-refractivity contribution < 1.29 is 23.5 Å². The molecule has 0 N–H and O–H groups in total. The number of benzene rings is 2. The fourth-order valence-corrected chi connectivity index (χ4v) is 3.07. The number of ether oxygens (including phenoxy) is 2. The minimum Gasteiger partial charge on any atom is -0.462 e. The van der Waals surface area contributed by atoms with Gasteiger partial charge in [-0.05, 0) is 56.9 Å². The maximum absolute atomic E-state index is 11.7. The van der Waals surface area contributed by atoms with Crippen molar-refractivity contribution in [2.45, 2.75) is 33.6 Å². The first-order chi connectivity index (χ1) is 13.8.